The lowest BCUT2D eigenvalue weighted by molar-refractivity contribution is -0.139. The van der Waals surface area contributed by atoms with Crippen molar-refractivity contribution in [3.8, 4) is 0 Å². The summed E-state index contributed by atoms with van der Waals surface area (Å²) in [5.41, 5.74) is 1.41. The zero-order chi connectivity index (χ0) is 19.9. The van der Waals surface area contributed by atoms with Crippen LogP contribution in [-0.2, 0) is 16.0 Å². The monoisotopic (exact) mass is 386 g/mol. The van der Waals surface area contributed by atoms with Crippen LogP contribution in [0.1, 0.15) is 51.0 Å². The summed E-state index contributed by atoms with van der Waals surface area (Å²) >= 11 is 0. The molecule has 1 aromatic rings. The van der Waals surface area contributed by atoms with E-state index in [0.717, 1.165) is 58.3 Å². The van der Waals surface area contributed by atoms with Gasteiger partial charge in [0.2, 0.25) is 5.91 Å². The lowest BCUT2D eigenvalue weighted by Gasteiger charge is -2.39. The Balaban J connectivity index is 1.45. The van der Waals surface area contributed by atoms with Crippen molar-refractivity contribution < 1.29 is 14.7 Å². The maximum absolute atomic E-state index is 13.0. The van der Waals surface area contributed by atoms with Crippen LogP contribution < -0.4 is 0 Å². The molecule has 0 aliphatic carbocycles. The third kappa shape index (κ3) is 5.81. The van der Waals surface area contributed by atoms with Gasteiger partial charge in [-0.05, 0) is 75.9 Å². The number of rotatable bonds is 7. The Labute approximate surface area is 168 Å². The minimum absolute atomic E-state index is 0.0732. The zero-order valence-corrected chi connectivity index (χ0v) is 17.1. The number of likely N-dealkylation sites (tertiary alicyclic amines) is 2. The second-order valence-corrected chi connectivity index (χ2v) is 8.57. The maximum Gasteiger partial charge on any atom is 0.303 e. The Hall–Kier alpha value is -1.88. The molecule has 28 heavy (non-hydrogen) atoms. The van der Waals surface area contributed by atoms with Gasteiger partial charge in [-0.2, -0.15) is 0 Å². The molecule has 2 unspecified atom stereocenters. The van der Waals surface area contributed by atoms with E-state index in [1.807, 2.05) is 11.8 Å². The van der Waals surface area contributed by atoms with E-state index in [-0.39, 0.29) is 18.4 Å². The molecule has 1 amide bonds. The summed E-state index contributed by atoms with van der Waals surface area (Å²) in [4.78, 5) is 28.2. The van der Waals surface area contributed by atoms with E-state index in [4.69, 9.17) is 5.11 Å². The Morgan fingerprint density at radius 1 is 1.07 bits per heavy atom. The first-order chi connectivity index (χ1) is 13.5. The first-order valence-corrected chi connectivity index (χ1v) is 10.8. The van der Waals surface area contributed by atoms with Crippen LogP contribution in [0.4, 0.5) is 0 Å². The van der Waals surface area contributed by atoms with Crippen molar-refractivity contribution in [2.75, 3.05) is 26.2 Å². The van der Waals surface area contributed by atoms with Crippen molar-refractivity contribution in [3.63, 3.8) is 0 Å². The van der Waals surface area contributed by atoms with Crippen molar-refractivity contribution >= 4 is 11.9 Å². The molecule has 0 saturated carbocycles. The molecule has 2 aliphatic heterocycles. The van der Waals surface area contributed by atoms with Crippen molar-refractivity contribution in [3.05, 3.63) is 35.9 Å². The van der Waals surface area contributed by atoms with E-state index in [2.05, 4.69) is 35.2 Å². The Kier molecular flexibility index (Phi) is 7.49. The average molecular weight is 387 g/mol. The van der Waals surface area contributed by atoms with Crippen LogP contribution in [0, 0.1) is 11.8 Å². The number of piperidine rings is 2. The highest BCUT2D eigenvalue weighted by Gasteiger charge is 2.31. The van der Waals surface area contributed by atoms with Gasteiger partial charge in [0.25, 0.3) is 0 Å². The summed E-state index contributed by atoms with van der Waals surface area (Å²) in [5, 5.41) is 8.90. The number of carbonyl (C=O) groups is 2. The van der Waals surface area contributed by atoms with Crippen molar-refractivity contribution in [1.29, 1.82) is 0 Å². The smallest absolute Gasteiger partial charge is 0.303 e. The molecule has 5 nitrogen and oxygen atoms in total. The van der Waals surface area contributed by atoms with Gasteiger partial charge >= 0.3 is 5.97 Å². The maximum atomic E-state index is 13.0. The van der Waals surface area contributed by atoms with Gasteiger partial charge in [-0.25, -0.2) is 0 Å². The topological polar surface area (TPSA) is 60.9 Å². The molecular weight excluding hydrogens is 352 g/mol. The van der Waals surface area contributed by atoms with E-state index < -0.39 is 5.97 Å². The minimum atomic E-state index is -0.741. The summed E-state index contributed by atoms with van der Waals surface area (Å²) in [5.74, 6) is 0.519. The Morgan fingerprint density at radius 3 is 2.46 bits per heavy atom. The number of benzene rings is 1. The van der Waals surface area contributed by atoms with Crippen molar-refractivity contribution in [2.45, 2.75) is 57.9 Å². The fourth-order valence-electron chi connectivity index (χ4n) is 4.74. The minimum Gasteiger partial charge on any atom is -0.481 e. The summed E-state index contributed by atoms with van der Waals surface area (Å²) in [6, 6.07) is 10.6. The van der Waals surface area contributed by atoms with Gasteiger partial charge in [0.1, 0.15) is 0 Å². The number of carbonyl (C=O) groups excluding carboxylic acids is 1. The molecule has 0 bridgehead atoms. The Morgan fingerprint density at radius 2 is 1.79 bits per heavy atom. The molecule has 154 valence electrons. The van der Waals surface area contributed by atoms with Gasteiger partial charge in [-0.15, -0.1) is 0 Å². The van der Waals surface area contributed by atoms with Gasteiger partial charge in [-0.3, -0.25) is 14.5 Å². The van der Waals surface area contributed by atoms with Crippen LogP contribution in [-0.4, -0.2) is 59.0 Å². The van der Waals surface area contributed by atoms with E-state index in [0.29, 0.717) is 18.3 Å². The number of aliphatic carboxylic acids is 1. The molecule has 1 N–H and O–H groups in total. The summed E-state index contributed by atoms with van der Waals surface area (Å²) in [6.45, 7) is 5.56. The number of carboxylic acids is 1. The molecule has 5 heteroatoms. The molecule has 3 rings (SSSR count). The molecule has 2 atom stereocenters. The van der Waals surface area contributed by atoms with E-state index in [1.54, 1.807) is 0 Å². The molecule has 2 saturated heterocycles. The first kappa shape index (κ1) is 20.8. The summed E-state index contributed by atoms with van der Waals surface area (Å²) in [7, 11) is 0. The highest BCUT2D eigenvalue weighted by atomic mass is 16.4. The second kappa shape index (κ2) is 10.1. The van der Waals surface area contributed by atoms with Crippen LogP contribution in [0.25, 0.3) is 0 Å². The summed E-state index contributed by atoms with van der Waals surface area (Å²) in [6.07, 6.45) is 6.34. The Bertz CT molecular complexity index is 641. The lowest BCUT2D eigenvalue weighted by Crippen LogP contribution is -2.52. The third-order valence-corrected chi connectivity index (χ3v) is 6.52. The van der Waals surface area contributed by atoms with Gasteiger partial charge in [0.05, 0.1) is 6.04 Å². The fraction of sp³-hybridized carbons (Fsp3) is 0.652. The predicted octanol–water partition coefficient (Wildman–Crippen LogP) is 3.43. The quantitative estimate of drug-likeness (QED) is 0.780. The molecular formula is C23H34N2O3. The third-order valence-electron chi connectivity index (χ3n) is 6.52. The van der Waals surface area contributed by atoms with E-state index >= 15 is 0 Å². The largest absolute Gasteiger partial charge is 0.481 e. The van der Waals surface area contributed by atoms with Crippen LogP contribution in [0.5, 0.6) is 0 Å². The second-order valence-electron chi connectivity index (χ2n) is 8.57. The van der Waals surface area contributed by atoms with Crippen LogP contribution in [0.15, 0.2) is 30.3 Å². The molecule has 0 spiro atoms. The van der Waals surface area contributed by atoms with Crippen LogP contribution >= 0.6 is 0 Å². The van der Waals surface area contributed by atoms with Crippen molar-refractivity contribution in [2.24, 2.45) is 11.8 Å². The number of hydrogen-bond acceptors (Lipinski definition) is 3. The van der Waals surface area contributed by atoms with Crippen molar-refractivity contribution in [1.82, 2.24) is 9.80 Å². The molecule has 2 aliphatic rings. The lowest BCUT2D eigenvalue weighted by atomic mass is 9.89. The molecule has 2 fully saturated rings. The normalized spacial score (nSPS) is 22.8. The molecule has 2 heterocycles. The summed E-state index contributed by atoms with van der Waals surface area (Å²) < 4.78 is 0. The number of nitrogens with zero attached hydrogens (tertiary/aromatic N) is 2. The predicted molar refractivity (Wildman–Crippen MR) is 110 cm³/mol. The number of amides is 1. The standard InChI is InChI=1S/C23H34N2O3/c1-18(23(28)25-13-5-8-21(17-25)9-10-22(26)27)24-14-11-20(12-15-24)16-19-6-3-2-4-7-19/h2-4,6-7,18,20-21H,5,8-17H2,1H3,(H,26,27). The molecule has 0 radical (unpaired) electrons. The molecule has 0 aromatic heterocycles. The number of carboxylic acid groups (broad SMARTS) is 1. The van der Waals surface area contributed by atoms with Gasteiger partial charge < -0.3 is 10.0 Å². The average Bonchev–Trinajstić information content (AvgIpc) is 2.73. The highest BCUT2D eigenvalue weighted by molar-refractivity contribution is 5.81. The van der Waals surface area contributed by atoms with Gasteiger partial charge in [-0.1, -0.05) is 30.3 Å². The number of hydrogen-bond donors (Lipinski definition) is 1. The van der Waals surface area contributed by atoms with Crippen LogP contribution in [0.2, 0.25) is 0 Å². The highest BCUT2D eigenvalue weighted by Crippen LogP contribution is 2.25. The van der Waals surface area contributed by atoms with E-state index in [9.17, 15) is 9.59 Å². The first-order valence-electron chi connectivity index (χ1n) is 10.8. The van der Waals surface area contributed by atoms with Gasteiger partial charge in [0.15, 0.2) is 0 Å². The fourth-order valence-corrected chi connectivity index (χ4v) is 4.74. The SMILES string of the molecule is CC(C(=O)N1CCCC(CCC(=O)O)C1)N1CCC(Cc2ccccc2)CC1. The molecule has 1 aromatic carbocycles. The van der Waals surface area contributed by atoms with Crippen LogP contribution in [0.3, 0.4) is 0 Å². The zero-order valence-electron chi connectivity index (χ0n) is 17.1. The van der Waals surface area contributed by atoms with E-state index in [1.165, 1.54) is 5.56 Å². The van der Waals surface area contributed by atoms with Gasteiger partial charge in [0, 0.05) is 19.5 Å².